The minimum Gasteiger partial charge on any atom is -0.270 e. The van der Waals surface area contributed by atoms with Gasteiger partial charge in [0.15, 0.2) is 11.0 Å². The molecule has 1 aromatic heterocycles. The summed E-state index contributed by atoms with van der Waals surface area (Å²) in [5.74, 6) is 0.942. The lowest BCUT2D eigenvalue weighted by atomic mass is 10.1. The van der Waals surface area contributed by atoms with E-state index in [-0.39, 0.29) is 5.82 Å². The molecule has 28 heavy (non-hydrogen) atoms. The fraction of sp³-hybridized carbons (Fsp3) is 0.0455. The average Bonchev–Trinajstić information content (AvgIpc) is 3.17. The number of nitrogens with zero attached hydrogens (tertiary/aromatic N) is 4. The highest BCUT2D eigenvalue weighted by molar-refractivity contribution is 7.98. The van der Waals surface area contributed by atoms with Crippen LogP contribution in [0.4, 0.5) is 4.39 Å². The van der Waals surface area contributed by atoms with Crippen molar-refractivity contribution in [3.05, 3.63) is 95.8 Å². The highest BCUT2D eigenvalue weighted by Crippen LogP contribution is 2.30. The summed E-state index contributed by atoms with van der Waals surface area (Å²) in [7, 11) is 0. The summed E-state index contributed by atoms with van der Waals surface area (Å²) in [6.45, 7) is 0. The quantitative estimate of drug-likeness (QED) is 0.440. The smallest absolute Gasteiger partial charge is 0.196 e. The Balaban J connectivity index is 1.73. The molecular formula is C22H15FN4S. The lowest BCUT2D eigenvalue weighted by molar-refractivity contribution is 0.628. The molecule has 0 aliphatic carbocycles. The Labute approximate surface area is 166 Å². The number of hydrogen-bond donors (Lipinski definition) is 0. The maximum absolute atomic E-state index is 13.3. The molecule has 0 fully saturated rings. The molecule has 0 radical (unpaired) electrons. The first-order valence-corrected chi connectivity index (χ1v) is 9.62. The van der Waals surface area contributed by atoms with Crippen molar-refractivity contribution in [2.24, 2.45) is 0 Å². The van der Waals surface area contributed by atoms with Crippen LogP contribution in [0.5, 0.6) is 0 Å². The van der Waals surface area contributed by atoms with Gasteiger partial charge in [0.1, 0.15) is 5.82 Å². The van der Waals surface area contributed by atoms with Crippen molar-refractivity contribution in [2.75, 3.05) is 0 Å². The number of nitriles is 1. The van der Waals surface area contributed by atoms with Gasteiger partial charge in [0, 0.05) is 17.0 Å². The lowest BCUT2D eigenvalue weighted by Crippen LogP contribution is -2.00. The predicted molar refractivity (Wildman–Crippen MR) is 107 cm³/mol. The molecule has 4 rings (SSSR count). The van der Waals surface area contributed by atoms with Crippen LogP contribution in [0.25, 0.3) is 17.1 Å². The highest BCUT2D eigenvalue weighted by atomic mass is 32.2. The Kier molecular flexibility index (Phi) is 5.18. The van der Waals surface area contributed by atoms with Crippen LogP contribution in [-0.4, -0.2) is 14.8 Å². The first-order valence-electron chi connectivity index (χ1n) is 8.64. The number of rotatable bonds is 5. The molecular weight excluding hydrogens is 371 g/mol. The average molecular weight is 386 g/mol. The van der Waals surface area contributed by atoms with Crippen LogP contribution < -0.4 is 0 Å². The summed E-state index contributed by atoms with van der Waals surface area (Å²) < 4.78 is 15.3. The third-order valence-corrected chi connectivity index (χ3v) is 5.22. The number of hydrogen-bond acceptors (Lipinski definition) is 4. The van der Waals surface area contributed by atoms with E-state index in [1.54, 1.807) is 12.1 Å². The molecule has 0 aliphatic rings. The SMILES string of the molecule is N#Cc1ccccc1CSc1nnc(-c2ccc(F)cc2)n1-c1ccccc1. The van der Waals surface area contributed by atoms with Gasteiger partial charge in [0.05, 0.1) is 11.6 Å². The van der Waals surface area contributed by atoms with E-state index in [4.69, 9.17) is 0 Å². The van der Waals surface area contributed by atoms with Gasteiger partial charge in [-0.3, -0.25) is 4.57 Å². The van der Waals surface area contributed by atoms with Gasteiger partial charge in [0.2, 0.25) is 0 Å². The Bertz CT molecular complexity index is 1130. The predicted octanol–water partition coefficient (Wildman–Crippen LogP) is 5.24. The number of aromatic nitrogens is 3. The van der Waals surface area contributed by atoms with Gasteiger partial charge >= 0.3 is 0 Å². The maximum atomic E-state index is 13.3. The summed E-state index contributed by atoms with van der Waals surface area (Å²) in [5.41, 5.74) is 3.30. The van der Waals surface area contributed by atoms with Crippen LogP contribution in [0.1, 0.15) is 11.1 Å². The molecule has 4 nitrogen and oxygen atoms in total. The summed E-state index contributed by atoms with van der Waals surface area (Å²) in [4.78, 5) is 0. The summed E-state index contributed by atoms with van der Waals surface area (Å²) in [5, 5.41) is 18.7. The topological polar surface area (TPSA) is 54.5 Å². The zero-order valence-corrected chi connectivity index (χ0v) is 15.6. The fourth-order valence-electron chi connectivity index (χ4n) is 2.86. The summed E-state index contributed by atoms with van der Waals surface area (Å²) in [6, 6.07) is 25.7. The second-order valence-electron chi connectivity index (χ2n) is 6.04. The Morgan fingerprint density at radius 3 is 2.36 bits per heavy atom. The molecule has 0 saturated heterocycles. The first kappa shape index (κ1) is 18.0. The monoisotopic (exact) mass is 386 g/mol. The third kappa shape index (κ3) is 3.66. The Hall–Kier alpha value is -3.43. The summed E-state index contributed by atoms with van der Waals surface area (Å²) >= 11 is 1.51. The van der Waals surface area contributed by atoms with E-state index >= 15 is 0 Å². The highest BCUT2D eigenvalue weighted by Gasteiger charge is 2.16. The van der Waals surface area contributed by atoms with Crippen LogP contribution in [0.2, 0.25) is 0 Å². The third-order valence-electron chi connectivity index (χ3n) is 4.24. The lowest BCUT2D eigenvalue weighted by Gasteiger charge is -2.10. The van der Waals surface area contributed by atoms with Crippen LogP contribution in [-0.2, 0) is 5.75 Å². The van der Waals surface area contributed by atoms with Gasteiger partial charge in [-0.1, -0.05) is 48.2 Å². The van der Waals surface area contributed by atoms with Crippen molar-refractivity contribution < 1.29 is 4.39 Å². The number of thioether (sulfide) groups is 1. The number of benzene rings is 3. The normalized spacial score (nSPS) is 10.6. The van der Waals surface area contributed by atoms with E-state index in [0.717, 1.165) is 16.8 Å². The van der Waals surface area contributed by atoms with E-state index in [1.807, 2.05) is 59.2 Å². The van der Waals surface area contributed by atoms with Gasteiger partial charge in [-0.25, -0.2) is 4.39 Å². The molecule has 0 saturated carbocycles. The van der Waals surface area contributed by atoms with E-state index in [9.17, 15) is 9.65 Å². The van der Waals surface area contributed by atoms with Crippen molar-refractivity contribution in [1.82, 2.24) is 14.8 Å². The van der Waals surface area contributed by atoms with Gasteiger partial charge in [-0.15, -0.1) is 10.2 Å². The molecule has 6 heteroatoms. The van der Waals surface area contributed by atoms with Gasteiger partial charge in [0.25, 0.3) is 0 Å². The standard InChI is InChI=1S/C22H15FN4S/c23-19-12-10-16(11-13-19)21-25-26-22(27(21)20-8-2-1-3-9-20)28-15-18-7-5-4-6-17(18)14-24/h1-13H,15H2. The van der Waals surface area contributed by atoms with Crippen molar-refractivity contribution >= 4 is 11.8 Å². The van der Waals surface area contributed by atoms with Gasteiger partial charge in [-0.05, 0) is 48.0 Å². The maximum Gasteiger partial charge on any atom is 0.196 e. The van der Waals surface area contributed by atoms with Crippen LogP contribution in [0.3, 0.4) is 0 Å². The van der Waals surface area contributed by atoms with Crippen molar-refractivity contribution in [1.29, 1.82) is 5.26 Å². The zero-order chi connectivity index (χ0) is 19.3. The van der Waals surface area contributed by atoms with Crippen LogP contribution in [0.15, 0.2) is 84.0 Å². The number of halogens is 1. The molecule has 0 atom stereocenters. The van der Waals surface area contributed by atoms with Crippen LogP contribution in [0, 0.1) is 17.1 Å². The molecule has 0 aliphatic heterocycles. The van der Waals surface area contributed by atoms with E-state index in [1.165, 1.54) is 23.9 Å². The van der Waals surface area contributed by atoms with E-state index in [2.05, 4.69) is 16.3 Å². The van der Waals surface area contributed by atoms with Crippen molar-refractivity contribution in [3.8, 4) is 23.1 Å². The molecule has 0 N–H and O–H groups in total. The van der Waals surface area contributed by atoms with Crippen LogP contribution >= 0.6 is 11.8 Å². The largest absolute Gasteiger partial charge is 0.270 e. The minimum atomic E-state index is -0.294. The van der Waals surface area contributed by atoms with E-state index in [0.29, 0.717) is 22.3 Å². The van der Waals surface area contributed by atoms with Crippen molar-refractivity contribution in [2.45, 2.75) is 10.9 Å². The second kappa shape index (κ2) is 8.07. The Morgan fingerprint density at radius 1 is 0.893 bits per heavy atom. The molecule has 136 valence electrons. The Morgan fingerprint density at radius 2 is 1.61 bits per heavy atom. The van der Waals surface area contributed by atoms with Gasteiger partial charge < -0.3 is 0 Å². The molecule has 3 aromatic carbocycles. The molecule has 0 spiro atoms. The molecule has 0 bridgehead atoms. The second-order valence-corrected chi connectivity index (χ2v) is 6.98. The molecule has 0 unspecified atom stereocenters. The fourth-order valence-corrected chi connectivity index (χ4v) is 3.81. The van der Waals surface area contributed by atoms with Gasteiger partial charge in [-0.2, -0.15) is 5.26 Å². The molecule has 0 amide bonds. The van der Waals surface area contributed by atoms with E-state index < -0.39 is 0 Å². The minimum absolute atomic E-state index is 0.294. The first-order chi connectivity index (χ1) is 13.8. The van der Waals surface area contributed by atoms with Crippen molar-refractivity contribution in [3.63, 3.8) is 0 Å². The summed E-state index contributed by atoms with van der Waals surface area (Å²) in [6.07, 6.45) is 0. The number of para-hydroxylation sites is 1. The molecule has 1 heterocycles. The molecule has 4 aromatic rings. The zero-order valence-electron chi connectivity index (χ0n) is 14.8.